The highest BCUT2D eigenvalue weighted by Crippen LogP contribution is 2.38. The summed E-state index contributed by atoms with van der Waals surface area (Å²) in [5.41, 5.74) is 4.62. The molecule has 132 valence electrons. The molecule has 0 atom stereocenters. The van der Waals surface area contributed by atoms with Gasteiger partial charge in [-0.1, -0.05) is 23.8 Å². The number of aromatic nitrogens is 1. The molecule has 0 fully saturated rings. The first-order valence-corrected chi connectivity index (χ1v) is 8.88. The predicted molar refractivity (Wildman–Crippen MR) is 103 cm³/mol. The van der Waals surface area contributed by atoms with E-state index in [-0.39, 0.29) is 5.91 Å². The highest BCUT2D eigenvalue weighted by atomic mass is 32.1. The summed E-state index contributed by atoms with van der Waals surface area (Å²) < 4.78 is 4.96. The molecular formula is C20H18N2O3S. The third-order valence-electron chi connectivity index (χ3n) is 4.01. The molecule has 2 heterocycles. The van der Waals surface area contributed by atoms with Crippen LogP contribution in [0.5, 0.6) is 0 Å². The van der Waals surface area contributed by atoms with E-state index in [1.54, 1.807) is 18.3 Å². The molecule has 0 unspecified atom stereocenters. The van der Waals surface area contributed by atoms with Crippen LogP contribution in [0.2, 0.25) is 0 Å². The van der Waals surface area contributed by atoms with E-state index in [0.717, 1.165) is 22.3 Å². The number of nitrogens with zero attached hydrogens (tertiary/aromatic N) is 1. The van der Waals surface area contributed by atoms with Gasteiger partial charge < -0.3 is 10.1 Å². The fraction of sp³-hybridized carbons (Fsp3) is 0.150. The molecule has 1 N–H and O–H groups in total. The Morgan fingerprint density at radius 2 is 1.96 bits per heavy atom. The van der Waals surface area contributed by atoms with Crippen LogP contribution in [0.1, 0.15) is 31.8 Å². The molecule has 0 radical (unpaired) electrons. The summed E-state index contributed by atoms with van der Waals surface area (Å²) in [5, 5.41) is 5.13. The zero-order chi connectivity index (χ0) is 18.7. The normalized spacial score (nSPS) is 10.4. The van der Waals surface area contributed by atoms with Crippen molar-refractivity contribution in [3.63, 3.8) is 0 Å². The molecular weight excluding hydrogens is 348 g/mol. The lowest BCUT2D eigenvalue weighted by atomic mass is 9.97. The molecule has 3 aromatic rings. The first-order chi connectivity index (χ1) is 12.5. The van der Waals surface area contributed by atoms with E-state index in [0.29, 0.717) is 16.1 Å². The first kappa shape index (κ1) is 17.8. The van der Waals surface area contributed by atoms with E-state index in [1.165, 1.54) is 24.6 Å². The molecule has 0 aliphatic rings. The molecule has 1 amide bonds. The maximum atomic E-state index is 12.4. The second-order valence-electron chi connectivity index (χ2n) is 5.86. The van der Waals surface area contributed by atoms with Gasteiger partial charge in [0.2, 0.25) is 0 Å². The quantitative estimate of drug-likeness (QED) is 0.692. The number of nitrogens with one attached hydrogen (secondary N) is 1. The Morgan fingerprint density at radius 1 is 1.15 bits per heavy atom. The van der Waals surface area contributed by atoms with Crippen molar-refractivity contribution in [3.05, 3.63) is 70.4 Å². The Bertz CT molecular complexity index is 964. The minimum Gasteiger partial charge on any atom is -0.465 e. The molecule has 6 heteroatoms. The van der Waals surface area contributed by atoms with Crippen molar-refractivity contribution in [1.29, 1.82) is 0 Å². The monoisotopic (exact) mass is 366 g/mol. The lowest BCUT2D eigenvalue weighted by molar-refractivity contribution is 0.0603. The van der Waals surface area contributed by atoms with Crippen LogP contribution in [-0.2, 0) is 4.74 Å². The van der Waals surface area contributed by atoms with E-state index in [4.69, 9.17) is 4.74 Å². The molecule has 2 aromatic heterocycles. The number of carbonyl (C=O) groups excluding carboxylic acids is 2. The molecule has 0 saturated heterocycles. The number of pyridine rings is 1. The van der Waals surface area contributed by atoms with Gasteiger partial charge in [0.05, 0.1) is 12.7 Å². The Balaban J connectivity index is 2.05. The predicted octanol–water partition coefficient (Wildman–Crippen LogP) is 4.47. The van der Waals surface area contributed by atoms with Crippen molar-refractivity contribution in [2.24, 2.45) is 0 Å². The average molecular weight is 366 g/mol. The summed E-state index contributed by atoms with van der Waals surface area (Å²) in [4.78, 5) is 28.8. The van der Waals surface area contributed by atoms with E-state index >= 15 is 0 Å². The molecule has 0 spiro atoms. The van der Waals surface area contributed by atoms with Gasteiger partial charge in [-0.3, -0.25) is 9.78 Å². The van der Waals surface area contributed by atoms with E-state index in [1.807, 2.05) is 37.4 Å². The second-order valence-corrected chi connectivity index (χ2v) is 6.74. The van der Waals surface area contributed by atoms with Crippen LogP contribution in [0.4, 0.5) is 5.00 Å². The average Bonchev–Trinajstić information content (AvgIpc) is 3.07. The highest BCUT2D eigenvalue weighted by molar-refractivity contribution is 7.15. The highest BCUT2D eigenvalue weighted by Gasteiger charge is 2.23. The van der Waals surface area contributed by atoms with E-state index in [2.05, 4.69) is 10.3 Å². The maximum absolute atomic E-state index is 12.4. The number of rotatable bonds is 4. The van der Waals surface area contributed by atoms with Crippen molar-refractivity contribution in [3.8, 4) is 11.1 Å². The smallest absolute Gasteiger partial charge is 0.341 e. The number of esters is 1. The molecule has 3 rings (SSSR count). The zero-order valence-corrected chi connectivity index (χ0v) is 15.5. The summed E-state index contributed by atoms with van der Waals surface area (Å²) in [6.45, 7) is 3.99. The van der Waals surface area contributed by atoms with Crippen LogP contribution >= 0.6 is 11.3 Å². The van der Waals surface area contributed by atoms with Crippen molar-refractivity contribution >= 4 is 28.2 Å². The fourth-order valence-electron chi connectivity index (χ4n) is 2.65. The van der Waals surface area contributed by atoms with Gasteiger partial charge in [-0.15, -0.1) is 11.3 Å². The molecule has 0 aliphatic heterocycles. The zero-order valence-electron chi connectivity index (χ0n) is 14.7. The summed E-state index contributed by atoms with van der Waals surface area (Å²) in [5.74, 6) is -0.804. The van der Waals surface area contributed by atoms with Gasteiger partial charge >= 0.3 is 5.97 Å². The number of amides is 1. The lowest BCUT2D eigenvalue weighted by Crippen LogP contribution is -2.14. The molecule has 1 aromatic carbocycles. The number of anilines is 1. The molecule has 0 bridgehead atoms. The fourth-order valence-corrected chi connectivity index (χ4v) is 3.59. The van der Waals surface area contributed by atoms with Crippen LogP contribution in [0.25, 0.3) is 11.1 Å². The van der Waals surface area contributed by atoms with Gasteiger partial charge in [0, 0.05) is 23.3 Å². The summed E-state index contributed by atoms with van der Waals surface area (Å²) in [7, 11) is 1.33. The first-order valence-electron chi connectivity index (χ1n) is 8.00. The Labute approximate surface area is 155 Å². The molecule has 0 aliphatic carbocycles. The van der Waals surface area contributed by atoms with Crippen LogP contribution in [0.3, 0.4) is 0 Å². The minimum absolute atomic E-state index is 0.322. The molecule has 0 saturated carbocycles. The van der Waals surface area contributed by atoms with Crippen molar-refractivity contribution in [1.82, 2.24) is 4.98 Å². The number of carbonyl (C=O) groups is 2. The maximum Gasteiger partial charge on any atom is 0.341 e. The topological polar surface area (TPSA) is 68.3 Å². The van der Waals surface area contributed by atoms with Gasteiger partial charge in [-0.05, 0) is 37.1 Å². The van der Waals surface area contributed by atoms with Crippen molar-refractivity contribution in [2.45, 2.75) is 13.8 Å². The van der Waals surface area contributed by atoms with Crippen molar-refractivity contribution < 1.29 is 14.3 Å². The van der Waals surface area contributed by atoms with Gasteiger partial charge in [0.25, 0.3) is 5.91 Å². The second kappa shape index (κ2) is 7.49. The van der Waals surface area contributed by atoms with Crippen molar-refractivity contribution in [2.75, 3.05) is 12.4 Å². The third kappa shape index (κ3) is 3.50. The number of hydrogen-bond acceptors (Lipinski definition) is 5. The molecule has 5 nitrogen and oxygen atoms in total. The number of methoxy groups -OCH3 is 1. The minimum atomic E-state index is -0.483. The van der Waals surface area contributed by atoms with Gasteiger partial charge in [-0.25, -0.2) is 4.79 Å². The number of aryl methyl sites for hydroxylation is 2. The van der Waals surface area contributed by atoms with Gasteiger partial charge in [0.1, 0.15) is 10.6 Å². The van der Waals surface area contributed by atoms with E-state index < -0.39 is 5.97 Å². The number of ether oxygens (including phenoxy) is 1. The third-order valence-corrected chi connectivity index (χ3v) is 4.91. The van der Waals surface area contributed by atoms with Crippen LogP contribution in [0.15, 0.2) is 48.1 Å². The Morgan fingerprint density at radius 3 is 2.65 bits per heavy atom. The lowest BCUT2D eigenvalue weighted by Gasteiger charge is -2.10. The van der Waals surface area contributed by atoms with Gasteiger partial charge in [-0.2, -0.15) is 0 Å². The number of benzene rings is 1. The van der Waals surface area contributed by atoms with Gasteiger partial charge in [0.15, 0.2) is 0 Å². The Kier molecular flexibility index (Phi) is 5.14. The summed E-state index contributed by atoms with van der Waals surface area (Å²) >= 11 is 1.30. The number of hydrogen-bond donors (Lipinski definition) is 1. The molecule has 26 heavy (non-hydrogen) atoms. The standard InChI is InChI=1S/C20H18N2O3S/c1-12-6-7-13(2)15(9-12)16-11-26-19(17(16)20(24)25-3)22-18(23)14-5-4-8-21-10-14/h4-11H,1-3H3,(H,22,23). The van der Waals surface area contributed by atoms with Crippen LogP contribution in [-0.4, -0.2) is 24.0 Å². The SMILES string of the molecule is COC(=O)c1c(-c2cc(C)ccc2C)csc1NC(=O)c1cccnc1. The number of thiophene rings is 1. The van der Waals surface area contributed by atoms with E-state index in [9.17, 15) is 9.59 Å². The Hall–Kier alpha value is -2.99. The van der Waals surface area contributed by atoms with Crippen LogP contribution < -0.4 is 5.32 Å². The summed E-state index contributed by atoms with van der Waals surface area (Å²) in [6.07, 6.45) is 3.08. The largest absolute Gasteiger partial charge is 0.465 e. The van der Waals surface area contributed by atoms with Crippen LogP contribution in [0, 0.1) is 13.8 Å². The summed E-state index contributed by atoms with van der Waals surface area (Å²) in [6, 6.07) is 9.41.